The molecular formula is C18H21F2N3. The Kier molecular flexibility index (Phi) is 4.48. The van der Waals surface area contributed by atoms with E-state index in [-0.39, 0.29) is 11.6 Å². The summed E-state index contributed by atoms with van der Waals surface area (Å²) in [6.45, 7) is 6.54. The first-order valence-electron chi connectivity index (χ1n) is 7.78. The van der Waals surface area contributed by atoms with Crippen LogP contribution < -0.4 is 9.80 Å². The van der Waals surface area contributed by atoms with Crippen molar-refractivity contribution in [2.24, 2.45) is 0 Å². The van der Waals surface area contributed by atoms with Crippen LogP contribution in [0, 0.1) is 11.6 Å². The molecule has 1 saturated heterocycles. The number of halogens is 2. The van der Waals surface area contributed by atoms with Gasteiger partial charge in [-0.1, -0.05) is 0 Å². The Balaban J connectivity index is 1.85. The summed E-state index contributed by atoms with van der Waals surface area (Å²) in [6.07, 6.45) is 0. The van der Waals surface area contributed by atoms with Crippen LogP contribution >= 0.6 is 0 Å². The predicted octanol–water partition coefficient (Wildman–Crippen LogP) is 3.87. The fraction of sp³-hybridized carbons (Fsp3) is 0.333. The van der Waals surface area contributed by atoms with E-state index in [0.717, 1.165) is 24.7 Å². The fourth-order valence-electron chi connectivity index (χ4n) is 2.74. The van der Waals surface area contributed by atoms with Crippen LogP contribution in [0.4, 0.5) is 20.2 Å². The standard InChI is InChI=1S/C18H21F2N3/c1-14(2)21-11-22(17-7-3-15(19)4-8-17)13-23(12-21)18-9-5-16(20)6-10-18/h3-10,14H,11-13H2,1-2H3. The van der Waals surface area contributed by atoms with Crippen LogP contribution in [-0.4, -0.2) is 30.9 Å². The zero-order valence-electron chi connectivity index (χ0n) is 13.4. The molecule has 5 heteroatoms. The Bertz CT molecular complexity index is 587. The van der Waals surface area contributed by atoms with Crippen LogP contribution in [0.15, 0.2) is 48.5 Å². The molecule has 0 saturated carbocycles. The molecule has 0 radical (unpaired) electrons. The first kappa shape index (κ1) is 15.7. The molecule has 3 nitrogen and oxygen atoms in total. The van der Waals surface area contributed by atoms with Crippen LogP contribution in [0.1, 0.15) is 13.8 Å². The molecule has 0 spiro atoms. The van der Waals surface area contributed by atoms with Gasteiger partial charge in [-0.15, -0.1) is 0 Å². The van der Waals surface area contributed by atoms with E-state index in [2.05, 4.69) is 28.5 Å². The van der Waals surface area contributed by atoms with E-state index >= 15 is 0 Å². The maximum absolute atomic E-state index is 13.2. The van der Waals surface area contributed by atoms with Gasteiger partial charge in [0.05, 0.1) is 20.0 Å². The van der Waals surface area contributed by atoms with E-state index in [1.165, 1.54) is 24.3 Å². The average Bonchev–Trinajstić information content (AvgIpc) is 2.55. The Labute approximate surface area is 135 Å². The fourth-order valence-corrected chi connectivity index (χ4v) is 2.74. The minimum atomic E-state index is -0.234. The highest BCUT2D eigenvalue weighted by Gasteiger charge is 2.25. The third-order valence-electron chi connectivity index (χ3n) is 4.16. The molecule has 1 fully saturated rings. The lowest BCUT2D eigenvalue weighted by Crippen LogP contribution is -2.57. The molecule has 0 aromatic heterocycles. The van der Waals surface area contributed by atoms with E-state index in [9.17, 15) is 8.78 Å². The minimum Gasteiger partial charge on any atom is -0.341 e. The lowest BCUT2D eigenvalue weighted by Gasteiger charge is -2.46. The average molecular weight is 317 g/mol. The largest absolute Gasteiger partial charge is 0.341 e. The second kappa shape index (κ2) is 6.54. The molecule has 1 aliphatic heterocycles. The number of rotatable bonds is 3. The van der Waals surface area contributed by atoms with Crippen molar-refractivity contribution in [2.45, 2.75) is 19.9 Å². The normalized spacial score (nSPS) is 16.2. The zero-order valence-corrected chi connectivity index (χ0v) is 13.4. The van der Waals surface area contributed by atoms with Gasteiger partial charge in [0.2, 0.25) is 0 Å². The number of benzene rings is 2. The number of hydrogen-bond acceptors (Lipinski definition) is 3. The van der Waals surface area contributed by atoms with E-state index < -0.39 is 0 Å². The summed E-state index contributed by atoms with van der Waals surface area (Å²) in [5.74, 6) is -0.469. The van der Waals surface area contributed by atoms with E-state index in [1.54, 1.807) is 24.3 Å². The number of hydrogen-bond donors (Lipinski definition) is 0. The maximum atomic E-state index is 13.2. The molecule has 1 aliphatic rings. The second-order valence-electron chi connectivity index (χ2n) is 6.14. The molecule has 2 aromatic rings. The maximum Gasteiger partial charge on any atom is 0.123 e. The quantitative estimate of drug-likeness (QED) is 0.851. The van der Waals surface area contributed by atoms with Gasteiger partial charge in [0.25, 0.3) is 0 Å². The Morgan fingerprint density at radius 2 is 1.09 bits per heavy atom. The summed E-state index contributed by atoms with van der Waals surface area (Å²) in [6, 6.07) is 13.5. The van der Waals surface area contributed by atoms with Gasteiger partial charge in [0.1, 0.15) is 11.6 Å². The van der Waals surface area contributed by atoms with E-state index in [1.807, 2.05) is 0 Å². The van der Waals surface area contributed by atoms with Crippen LogP contribution in [0.2, 0.25) is 0 Å². The smallest absolute Gasteiger partial charge is 0.123 e. The van der Waals surface area contributed by atoms with E-state index in [0.29, 0.717) is 12.7 Å². The summed E-state index contributed by atoms with van der Waals surface area (Å²) in [7, 11) is 0. The van der Waals surface area contributed by atoms with Crippen molar-refractivity contribution < 1.29 is 8.78 Å². The third-order valence-corrected chi connectivity index (χ3v) is 4.16. The SMILES string of the molecule is CC(C)N1CN(c2ccc(F)cc2)CN(c2ccc(F)cc2)C1. The van der Waals surface area contributed by atoms with Gasteiger partial charge in [0, 0.05) is 17.4 Å². The second-order valence-corrected chi connectivity index (χ2v) is 6.14. The highest BCUT2D eigenvalue weighted by Crippen LogP contribution is 2.24. The molecule has 2 aromatic carbocycles. The van der Waals surface area contributed by atoms with Gasteiger partial charge in [-0.05, 0) is 62.4 Å². The molecule has 3 rings (SSSR count). The molecule has 0 bridgehead atoms. The zero-order chi connectivity index (χ0) is 16.4. The van der Waals surface area contributed by atoms with Crippen LogP contribution in [0.5, 0.6) is 0 Å². The van der Waals surface area contributed by atoms with Crippen molar-refractivity contribution in [3.8, 4) is 0 Å². The van der Waals surface area contributed by atoms with Crippen molar-refractivity contribution in [1.29, 1.82) is 0 Å². The van der Waals surface area contributed by atoms with Gasteiger partial charge in [-0.2, -0.15) is 0 Å². The van der Waals surface area contributed by atoms with Crippen molar-refractivity contribution in [3.05, 3.63) is 60.2 Å². The molecule has 0 aliphatic carbocycles. The summed E-state index contributed by atoms with van der Waals surface area (Å²) < 4.78 is 26.3. The predicted molar refractivity (Wildman–Crippen MR) is 89.3 cm³/mol. The molecule has 122 valence electrons. The van der Waals surface area contributed by atoms with Crippen LogP contribution in [0.25, 0.3) is 0 Å². The van der Waals surface area contributed by atoms with Gasteiger partial charge < -0.3 is 9.80 Å². The monoisotopic (exact) mass is 317 g/mol. The van der Waals surface area contributed by atoms with Gasteiger partial charge >= 0.3 is 0 Å². The molecule has 0 N–H and O–H groups in total. The summed E-state index contributed by atoms with van der Waals surface area (Å²) >= 11 is 0. The topological polar surface area (TPSA) is 9.72 Å². The van der Waals surface area contributed by atoms with Crippen molar-refractivity contribution in [2.75, 3.05) is 29.8 Å². The molecule has 0 unspecified atom stereocenters. The summed E-state index contributed by atoms with van der Waals surface area (Å²) in [5.41, 5.74) is 1.95. The van der Waals surface area contributed by atoms with Crippen molar-refractivity contribution >= 4 is 11.4 Å². The van der Waals surface area contributed by atoms with E-state index in [4.69, 9.17) is 0 Å². The van der Waals surface area contributed by atoms with Crippen molar-refractivity contribution in [1.82, 2.24) is 4.90 Å². The first-order valence-corrected chi connectivity index (χ1v) is 7.78. The van der Waals surface area contributed by atoms with Crippen molar-refractivity contribution in [3.63, 3.8) is 0 Å². The van der Waals surface area contributed by atoms with Gasteiger partial charge in [-0.25, -0.2) is 8.78 Å². The molecule has 23 heavy (non-hydrogen) atoms. The van der Waals surface area contributed by atoms with Gasteiger partial charge in [0.15, 0.2) is 0 Å². The Morgan fingerprint density at radius 3 is 1.43 bits per heavy atom. The molecular weight excluding hydrogens is 296 g/mol. The number of nitrogens with zero attached hydrogens (tertiary/aromatic N) is 3. The molecule has 0 amide bonds. The first-order chi connectivity index (χ1) is 11.0. The summed E-state index contributed by atoms with van der Waals surface area (Å²) in [4.78, 5) is 6.69. The van der Waals surface area contributed by atoms with Gasteiger partial charge in [-0.3, -0.25) is 4.90 Å². The Morgan fingerprint density at radius 1 is 0.696 bits per heavy atom. The lowest BCUT2D eigenvalue weighted by atomic mass is 10.2. The van der Waals surface area contributed by atoms with Crippen LogP contribution in [0.3, 0.4) is 0 Å². The Hall–Kier alpha value is -2.14. The third kappa shape index (κ3) is 3.62. The summed E-state index contributed by atoms with van der Waals surface area (Å²) in [5, 5.41) is 0. The highest BCUT2D eigenvalue weighted by atomic mass is 19.1. The van der Waals surface area contributed by atoms with Crippen LogP contribution in [-0.2, 0) is 0 Å². The number of anilines is 2. The molecule has 1 heterocycles. The lowest BCUT2D eigenvalue weighted by molar-refractivity contribution is 0.196. The molecule has 0 atom stereocenters. The highest BCUT2D eigenvalue weighted by molar-refractivity contribution is 5.52. The minimum absolute atomic E-state index is 0.234.